The first-order valence-electron chi connectivity index (χ1n) is 8.89. The topological polar surface area (TPSA) is 99.4 Å². The number of ether oxygens (including phenoxy) is 2. The van der Waals surface area contributed by atoms with Gasteiger partial charge in [-0.1, -0.05) is 12.1 Å². The van der Waals surface area contributed by atoms with Crippen molar-refractivity contribution in [1.82, 2.24) is 24.4 Å². The van der Waals surface area contributed by atoms with Crippen LogP contribution in [0.4, 0.5) is 0 Å². The third-order valence-corrected chi connectivity index (χ3v) is 4.64. The van der Waals surface area contributed by atoms with Crippen LogP contribution >= 0.6 is 0 Å². The molecule has 1 fully saturated rings. The van der Waals surface area contributed by atoms with E-state index in [1.165, 1.54) is 30.4 Å². The maximum atomic E-state index is 12.7. The predicted octanol–water partition coefficient (Wildman–Crippen LogP) is 0.875. The van der Waals surface area contributed by atoms with Gasteiger partial charge in [0.2, 0.25) is 5.91 Å². The number of methoxy groups -OCH3 is 1. The molecular formula is C19H19N5O4. The highest BCUT2D eigenvalue weighted by atomic mass is 16.5. The molecule has 3 aromatic rings. The van der Waals surface area contributed by atoms with E-state index in [9.17, 15) is 9.59 Å². The number of hydrogen-bond donors (Lipinski definition) is 0. The highest BCUT2D eigenvalue weighted by molar-refractivity contribution is 5.79. The summed E-state index contributed by atoms with van der Waals surface area (Å²) in [5.74, 6) is 0.455. The average Bonchev–Trinajstić information content (AvgIpc) is 3.19. The van der Waals surface area contributed by atoms with Crippen LogP contribution < -0.4 is 15.0 Å². The monoisotopic (exact) mass is 381 g/mol. The van der Waals surface area contributed by atoms with Crippen molar-refractivity contribution >= 4 is 16.8 Å². The molecule has 0 bridgehead atoms. The maximum absolute atomic E-state index is 12.7. The van der Waals surface area contributed by atoms with Gasteiger partial charge in [0.25, 0.3) is 17.3 Å². The zero-order valence-electron chi connectivity index (χ0n) is 15.3. The zero-order valence-corrected chi connectivity index (χ0v) is 15.3. The van der Waals surface area contributed by atoms with Crippen molar-refractivity contribution in [2.45, 2.75) is 19.1 Å². The molecule has 0 unspecified atom stereocenters. The Morgan fingerprint density at radius 2 is 1.96 bits per heavy atom. The number of nitrogens with zero attached hydrogens (tertiary/aromatic N) is 5. The van der Waals surface area contributed by atoms with Gasteiger partial charge < -0.3 is 14.4 Å². The second kappa shape index (κ2) is 7.63. The molecular weight excluding hydrogens is 362 g/mol. The fourth-order valence-corrected chi connectivity index (χ4v) is 3.21. The number of amides is 1. The molecule has 0 radical (unpaired) electrons. The number of aromatic nitrogens is 4. The minimum absolute atomic E-state index is 0.0577. The Morgan fingerprint density at radius 3 is 2.79 bits per heavy atom. The molecule has 28 heavy (non-hydrogen) atoms. The average molecular weight is 381 g/mol. The number of para-hydroxylation sites is 1. The summed E-state index contributed by atoms with van der Waals surface area (Å²) in [6, 6.07) is 7.08. The van der Waals surface area contributed by atoms with Crippen molar-refractivity contribution in [3.8, 4) is 11.8 Å². The number of likely N-dealkylation sites (tertiary alicyclic amines) is 1. The van der Waals surface area contributed by atoms with E-state index in [4.69, 9.17) is 9.47 Å². The van der Waals surface area contributed by atoms with Crippen LogP contribution in [0, 0.1) is 0 Å². The highest BCUT2D eigenvalue weighted by Crippen LogP contribution is 2.24. The second-order valence-electron chi connectivity index (χ2n) is 6.43. The molecule has 0 saturated carbocycles. The number of carbonyl (C=O) groups is 1. The van der Waals surface area contributed by atoms with Crippen LogP contribution in [-0.4, -0.2) is 56.6 Å². The number of rotatable bonds is 5. The summed E-state index contributed by atoms with van der Waals surface area (Å²) in [4.78, 5) is 39.3. The van der Waals surface area contributed by atoms with Gasteiger partial charge in [0.15, 0.2) is 0 Å². The molecule has 4 rings (SSSR count). The summed E-state index contributed by atoms with van der Waals surface area (Å²) in [5.41, 5.74) is 0.388. The van der Waals surface area contributed by atoms with Gasteiger partial charge in [0, 0.05) is 25.4 Å². The Kier molecular flexibility index (Phi) is 4.88. The molecule has 3 heterocycles. The van der Waals surface area contributed by atoms with Gasteiger partial charge in [-0.3, -0.25) is 14.2 Å². The molecule has 1 atom stereocenters. The van der Waals surface area contributed by atoms with Gasteiger partial charge in [-0.05, 0) is 12.1 Å². The fourth-order valence-electron chi connectivity index (χ4n) is 3.21. The number of benzene rings is 1. The van der Waals surface area contributed by atoms with Crippen molar-refractivity contribution < 1.29 is 14.3 Å². The Morgan fingerprint density at radius 1 is 1.18 bits per heavy atom. The van der Waals surface area contributed by atoms with Crippen molar-refractivity contribution in [1.29, 1.82) is 0 Å². The third kappa shape index (κ3) is 3.51. The van der Waals surface area contributed by atoms with Gasteiger partial charge in [0.05, 0.1) is 30.9 Å². The summed E-state index contributed by atoms with van der Waals surface area (Å²) in [6.07, 6.45) is 4.91. The van der Waals surface area contributed by atoms with E-state index >= 15 is 0 Å². The van der Waals surface area contributed by atoms with Crippen LogP contribution in [0.1, 0.15) is 6.42 Å². The van der Waals surface area contributed by atoms with Crippen LogP contribution in [0.2, 0.25) is 0 Å². The van der Waals surface area contributed by atoms with Gasteiger partial charge in [-0.25, -0.2) is 15.0 Å². The lowest BCUT2D eigenvalue weighted by Gasteiger charge is -2.18. The second-order valence-corrected chi connectivity index (χ2v) is 6.43. The molecule has 1 aromatic carbocycles. The molecule has 144 valence electrons. The van der Waals surface area contributed by atoms with Gasteiger partial charge >= 0.3 is 0 Å². The van der Waals surface area contributed by atoms with Crippen LogP contribution in [0.3, 0.4) is 0 Å². The molecule has 1 aliphatic heterocycles. The number of carbonyl (C=O) groups excluding carboxylic acids is 1. The lowest BCUT2D eigenvalue weighted by molar-refractivity contribution is -0.131. The maximum Gasteiger partial charge on any atom is 0.278 e. The van der Waals surface area contributed by atoms with Gasteiger partial charge in [-0.2, -0.15) is 0 Å². The summed E-state index contributed by atoms with van der Waals surface area (Å²) in [5, 5.41) is 0.496. The summed E-state index contributed by atoms with van der Waals surface area (Å²) >= 11 is 0. The minimum Gasteiger partial charge on any atom is -0.477 e. The molecule has 1 amide bonds. The molecule has 1 aliphatic rings. The fraction of sp³-hybridized carbons (Fsp3) is 0.316. The smallest absolute Gasteiger partial charge is 0.278 e. The largest absolute Gasteiger partial charge is 0.477 e. The van der Waals surface area contributed by atoms with Crippen LogP contribution in [0.25, 0.3) is 10.9 Å². The SMILES string of the molecule is COc1nccnc1O[C@H]1CCN(C(=O)Cn2cnc3ccccc3c2=O)C1. The number of hydrogen-bond acceptors (Lipinski definition) is 7. The van der Waals surface area contributed by atoms with E-state index in [0.717, 1.165) is 0 Å². The molecule has 9 heteroatoms. The van der Waals surface area contributed by atoms with E-state index in [0.29, 0.717) is 42.2 Å². The first kappa shape index (κ1) is 17.9. The van der Waals surface area contributed by atoms with Crippen molar-refractivity contribution in [3.63, 3.8) is 0 Å². The van der Waals surface area contributed by atoms with Crippen molar-refractivity contribution in [2.75, 3.05) is 20.2 Å². The first-order chi connectivity index (χ1) is 13.7. The standard InChI is InChI=1S/C19H19N5O4/c1-27-17-18(21-8-7-20-17)28-13-6-9-23(10-13)16(25)11-24-12-22-15-5-3-2-4-14(15)19(24)26/h2-5,7-8,12-13H,6,9-11H2,1H3/t13-/m0/s1. The lowest BCUT2D eigenvalue weighted by Crippen LogP contribution is -2.36. The molecule has 9 nitrogen and oxygen atoms in total. The van der Waals surface area contributed by atoms with E-state index in [1.807, 2.05) is 6.07 Å². The van der Waals surface area contributed by atoms with Crippen molar-refractivity contribution in [3.05, 3.63) is 53.3 Å². The molecule has 0 spiro atoms. The summed E-state index contributed by atoms with van der Waals surface area (Å²) < 4.78 is 12.3. The van der Waals surface area contributed by atoms with E-state index in [-0.39, 0.29) is 24.1 Å². The van der Waals surface area contributed by atoms with Crippen LogP contribution in [0.5, 0.6) is 11.8 Å². The van der Waals surface area contributed by atoms with E-state index in [2.05, 4.69) is 15.0 Å². The summed E-state index contributed by atoms with van der Waals surface area (Å²) in [7, 11) is 1.50. The molecule has 1 saturated heterocycles. The Labute approximate surface area is 160 Å². The third-order valence-electron chi connectivity index (χ3n) is 4.64. The lowest BCUT2D eigenvalue weighted by atomic mass is 10.2. The molecule has 0 N–H and O–H groups in total. The van der Waals surface area contributed by atoms with Crippen LogP contribution in [-0.2, 0) is 11.3 Å². The van der Waals surface area contributed by atoms with Gasteiger partial charge in [0.1, 0.15) is 12.6 Å². The number of fused-ring (bicyclic) bond motifs is 1. The van der Waals surface area contributed by atoms with Crippen LogP contribution in [0.15, 0.2) is 47.8 Å². The zero-order chi connectivity index (χ0) is 19.5. The predicted molar refractivity (Wildman–Crippen MR) is 100 cm³/mol. The Bertz CT molecular complexity index is 1070. The molecule has 2 aromatic heterocycles. The van der Waals surface area contributed by atoms with E-state index < -0.39 is 0 Å². The quantitative estimate of drug-likeness (QED) is 0.647. The highest BCUT2D eigenvalue weighted by Gasteiger charge is 2.29. The van der Waals surface area contributed by atoms with E-state index in [1.54, 1.807) is 23.1 Å². The normalized spacial score (nSPS) is 16.3. The first-order valence-corrected chi connectivity index (χ1v) is 8.89. The minimum atomic E-state index is -0.227. The molecule has 0 aliphatic carbocycles. The summed E-state index contributed by atoms with van der Waals surface area (Å²) in [6.45, 7) is 0.897. The van der Waals surface area contributed by atoms with Crippen molar-refractivity contribution in [2.24, 2.45) is 0 Å². The Balaban J connectivity index is 1.43. The van der Waals surface area contributed by atoms with Gasteiger partial charge in [-0.15, -0.1) is 0 Å². The Hall–Kier alpha value is -3.49.